The molecule has 0 saturated carbocycles. The number of benzene rings is 2. The molecule has 1 N–H and O–H groups in total. The van der Waals surface area contributed by atoms with Crippen molar-refractivity contribution in [3.05, 3.63) is 77.9 Å². The van der Waals surface area contributed by atoms with Crippen molar-refractivity contribution >= 4 is 10.9 Å². The normalized spacial score (nSPS) is 14.1. The minimum atomic E-state index is 0.152. The van der Waals surface area contributed by atoms with Crippen molar-refractivity contribution in [1.29, 1.82) is 0 Å². The number of aryl methyl sites for hydroxylation is 2. The van der Waals surface area contributed by atoms with Gasteiger partial charge < -0.3 is 9.84 Å². The summed E-state index contributed by atoms with van der Waals surface area (Å²) in [6.45, 7) is 4.55. The smallest absolute Gasteiger partial charge is 0.147 e. The molecule has 1 aliphatic rings. The summed E-state index contributed by atoms with van der Waals surface area (Å²) < 4.78 is 7.31. The van der Waals surface area contributed by atoms with Gasteiger partial charge in [0.05, 0.1) is 29.9 Å². The molecule has 6 rings (SSSR count). The lowest BCUT2D eigenvalue weighted by Crippen LogP contribution is -2.44. The highest BCUT2D eigenvalue weighted by atomic mass is 16.5. The van der Waals surface area contributed by atoms with E-state index in [9.17, 15) is 5.11 Å². The summed E-state index contributed by atoms with van der Waals surface area (Å²) in [4.78, 5) is 2.32. The highest BCUT2D eigenvalue weighted by Crippen LogP contribution is 2.36. The van der Waals surface area contributed by atoms with E-state index < -0.39 is 0 Å². The van der Waals surface area contributed by atoms with Crippen LogP contribution in [0.4, 0.5) is 0 Å². The summed E-state index contributed by atoms with van der Waals surface area (Å²) in [6.07, 6.45) is 1.95. The zero-order chi connectivity index (χ0) is 25.5. The van der Waals surface area contributed by atoms with Gasteiger partial charge in [-0.05, 0) is 66.6 Å². The first-order chi connectivity index (χ1) is 18.0. The SMILES string of the molecule is COc1cc(-c2ccc(-c3ccc(C4CN(Cc5ccc(C)nn5)C4)nn3)c(O)c2)cc2cn(C)nc12. The van der Waals surface area contributed by atoms with Crippen LogP contribution >= 0.6 is 0 Å². The Labute approximate surface area is 214 Å². The number of phenolic OH excluding ortho intramolecular Hbond substituents is 1. The van der Waals surface area contributed by atoms with Gasteiger partial charge in [-0.3, -0.25) is 9.58 Å². The third kappa shape index (κ3) is 4.49. The van der Waals surface area contributed by atoms with Gasteiger partial charge in [0.25, 0.3) is 0 Å². The number of aromatic hydroxyl groups is 1. The number of phenols is 1. The molecule has 37 heavy (non-hydrogen) atoms. The van der Waals surface area contributed by atoms with Crippen LogP contribution in [-0.4, -0.2) is 60.4 Å². The molecule has 0 unspecified atom stereocenters. The molecule has 0 amide bonds. The second kappa shape index (κ2) is 9.25. The van der Waals surface area contributed by atoms with E-state index in [2.05, 4.69) is 30.4 Å². The van der Waals surface area contributed by atoms with Crippen LogP contribution in [0.2, 0.25) is 0 Å². The molecule has 1 fully saturated rings. The fourth-order valence-corrected chi connectivity index (χ4v) is 4.80. The van der Waals surface area contributed by atoms with Gasteiger partial charge in [0, 0.05) is 49.7 Å². The van der Waals surface area contributed by atoms with Crippen LogP contribution < -0.4 is 4.74 Å². The molecule has 0 atom stereocenters. The second-order valence-electron chi connectivity index (χ2n) is 9.55. The van der Waals surface area contributed by atoms with E-state index in [0.29, 0.717) is 22.9 Å². The number of likely N-dealkylation sites (tertiary alicyclic amines) is 1. The number of rotatable bonds is 6. The van der Waals surface area contributed by atoms with Gasteiger partial charge in [0.15, 0.2) is 0 Å². The van der Waals surface area contributed by atoms with Crippen molar-refractivity contribution in [3.8, 4) is 33.9 Å². The van der Waals surface area contributed by atoms with E-state index in [-0.39, 0.29) is 5.75 Å². The van der Waals surface area contributed by atoms with Gasteiger partial charge >= 0.3 is 0 Å². The van der Waals surface area contributed by atoms with Crippen molar-refractivity contribution < 1.29 is 9.84 Å². The number of hydrogen-bond donors (Lipinski definition) is 1. The molecule has 0 spiro atoms. The van der Waals surface area contributed by atoms with Gasteiger partial charge in [-0.1, -0.05) is 6.07 Å². The predicted octanol–water partition coefficient (Wildman–Crippen LogP) is 4.11. The van der Waals surface area contributed by atoms with E-state index in [0.717, 1.165) is 58.7 Å². The molecule has 1 saturated heterocycles. The van der Waals surface area contributed by atoms with Crippen LogP contribution in [0.3, 0.4) is 0 Å². The zero-order valence-corrected chi connectivity index (χ0v) is 21.0. The Morgan fingerprint density at radius 2 is 1.81 bits per heavy atom. The van der Waals surface area contributed by atoms with Crippen molar-refractivity contribution in [2.24, 2.45) is 7.05 Å². The topological polar surface area (TPSA) is 102 Å². The molecular weight excluding hydrogens is 466 g/mol. The predicted molar refractivity (Wildman–Crippen MR) is 140 cm³/mol. The van der Waals surface area contributed by atoms with Crippen LogP contribution in [-0.2, 0) is 13.6 Å². The quantitative estimate of drug-likeness (QED) is 0.377. The molecule has 3 aromatic heterocycles. The van der Waals surface area contributed by atoms with Crippen LogP contribution in [0, 0.1) is 6.92 Å². The lowest BCUT2D eigenvalue weighted by Gasteiger charge is -2.38. The molecule has 9 nitrogen and oxygen atoms in total. The fourth-order valence-electron chi connectivity index (χ4n) is 4.80. The maximum absolute atomic E-state index is 10.8. The molecule has 1 aliphatic heterocycles. The van der Waals surface area contributed by atoms with Crippen LogP contribution in [0.25, 0.3) is 33.3 Å². The standard InChI is InChI=1S/C28H27N7O2/c1-17-4-6-22(30-29-17)16-35-14-21(15-35)24-8-9-25(32-31-24)23-7-5-18(11-26(23)36)19-10-20-13-34(2)33-28(20)27(12-19)37-3/h4-13,21,36H,14-16H2,1-3H3. The number of aromatic nitrogens is 6. The molecule has 2 aromatic carbocycles. The summed E-state index contributed by atoms with van der Waals surface area (Å²) in [5.41, 5.74) is 6.77. The van der Waals surface area contributed by atoms with Gasteiger partial charge in [-0.15, -0.1) is 0 Å². The molecule has 9 heteroatoms. The molecular formula is C28H27N7O2. The molecule has 0 radical (unpaired) electrons. The summed E-state index contributed by atoms with van der Waals surface area (Å²) in [5, 5.41) is 33.6. The molecule has 5 aromatic rings. The molecule has 0 aliphatic carbocycles. The van der Waals surface area contributed by atoms with Gasteiger partial charge in [0.1, 0.15) is 17.0 Å². The number of nitrogens with zero attached hydrogens (tertiary/aromatic N) is 7. The molecule has 186 valence electrons. The van der Waals surface area contributed by atoms with Crippen LogP contribution in [0.5, 0.6) is 11.5 Å². The summed E-state index contributed by atoms with van der Waals surface area (Å²) in [7, 11) is 3.52. The van der Waals surface area contributed by atoms with Crippen LogP contribution in [0.15, 0.2) is 60.8 Å². The van der Waals surface area contributed by atoms with Crippen molar-refractivity contribution in [3.63, 3.8) is 0 Å². The lowest BCUT2D eigenvalue weighted by molar-refractivity contribution is 0.134. The summed E-state index contributed by atoms with van der Waals surface area (Å²) in [5.74, 6) is 1.19. The second-order valence-corrected chi connectivity index (χ2v) is 9.55. The van der Waals surface area contributed by atoms with Crippen molar-refractivity contribution in [1.82, 2.24) is 35.1 Å². The van der Waals surface area contributed by atoms with Crippen molar-refractivity contribution in [2.45, 2.75) is 19.4 Å². The van der Waals surface area contributed by atoms with Gasteiger partial charge in [0.2, 0.25) is 0 Å². The third-order valence-corrected chi connectivity index (χ3v) is 6.81. The Hall–Kier alpha value is -4.37. The molecule has 0 bridgehead atoms. The monoisotopic (exact) mass is 493 g/mol. The lowest BCUT2D eigenvalue weighted by atomic mass is 9.95. The first kappa shape index (κ1) is 23.1. The Kier molecular flexibility index (Phi) is 5.77. The average Bonchev–Trinajstić information content (AvgIpc) is 3.27. The summed E-state index contributed by atoms with van der Waals surface area (Å²) >= 11 is 0. The van der Waals surface area contributed by atoms with E-state index in [1.165, 1.54) is 0 Å². The fraction of sp³-hybridized carbons (Fsp3) is 0.250. The Balaban J connectivity index is 1.16. The minimum absolute atomic E-state index is 0.152. The molecule has 4 heterocycles. The van der Waals surface area contributed by atoms with E-state index in [4.69, 9.17) is 4.74 Å². The average molecular weight is 494 g/mol. The van der Waals surface area contributed by atoms with Crippen LogP contribution in [0.1, 0.15) is 23.0 Å². The number of methoxy groups -OCH3 is 1. The Morgan fingerprint density at radius 1 is 0.946 bits per heavy atom. The van der Waals surface area contributed by atoms with Gasteiger partial charge in [-0.25, -0.2) is 0 Å². The van der Waals surface area contributed by atoms with E-state index in [1.807, 2.05) is 68.7 Å². The van der Waals surface area contributed by atoms with E-state index in [1.54, 1.807) is 17.9 Å². The zero-order valence-electron chi connectivity index (χ0n) is 21.0. The highest BCUT2D eigenvalue weighted by molar-refractivity contribution is 5.90. The Morgan fingerprint density at radius 3 is 2.51 bits per heavy atom. The van der Waals surface area contributed by atoms with E-state index >= 15 is 0 Å². The maximum Gasteiger partial charge on any atom is 0.147 e. The third-order valence-electron chi connectivity index (χ3n) is 6.81. The largest absolute Gasteiger partial charge is 0.507 e. The number of ether oxygens (including phenoxy) is 1. The number of fused-ring (bicyclic) bond motifs is 1. The first-order valence-corrected chi connectivity index (χ1v) is 12.2. The maximum atomic E-state index is 10.8. The van der Waals surface area contributed by atoms with Crippen molar-refractivity contribution in [2.75, 3.05) is 20.2 Å². The minimum Gasteiger partial charge on any atom is -0.507 e. The van der Waals surface area contributed by atoms with Gasteiger partial charge in [-0.2, -0.15) is 25.5 Å². The highest BCUT2D eigenvalue weighted by Gasteiger charge is 2.29. The summed E-state index contributed by atoms with van der Waals surface area (Å²) in [6, 6.07) is 17.5. The first-order valence-electron chi connectivity index (χ1n) is 12.2. The number of hydrogen-bond acceptors (Lipinski definition) is 8. The Bertz CT molecular complexity index is 1570.